The van der Waals surface area contributed by atoms with E-state index in [1.54, 1.807) is 0 Å². The van der Waals surface area contributed by atoms with Crippen molar-refractivity contribution >= 4 is 5.97 Å². The Morgan fingerprint density at radius 3 is 1.75 bits per heavy atom. The van der Waals surface area contributed by atoms with Gasteiger partial charge < -0.3 is 14.6 Å². The third kappa shape index (κ3) is 3.19. The Morgan fingerprint density at radius 2 is 1.43 bits per heavy atom. The Bertz CT molecular complexity index is 589. The molecule has 0 saturated carbocycles. The van der Waals surface area contributed by atoms with Crippen LogP contribution in [0.1, 0.15) is 27.2 Å². The second kappa shape index (κ2) is 6.31. The van der Waals surface area contributed by atoms with E-state index in [2.05, 4.69) is 9.47 Å². The lowest BCUT2D eigenvalue weighted by Crippen LogP contribution is -2.82. The smallest absolute Gasteiger partial charge is 0.447 e. The number of aliphatic hydroxyl groups is 1. The van der Waals surface area contributed by atoms with Crippen LogP contribution in [0.4, 0.5) is 48.3 Å². The van der Waals surface area contributed by atoms with Crippen LogP contribution in [-0.2, 0) is 14.3 Å². The molecule has 0 bridgehead atoms. The van der Waals surface area contributed by atoms with E-state index >= 15 is 0 Å². The van der Waals surface area contributed by atoms with Gasteiger partial charge in [-0.1, -0.05) is 6.92 Å². The first-order chi connectivity index (χ1) is 12.0. The van der Waals surface area contributed by atoms with Gasteiger partial charge >= 0.3 is 36.0 Å². The molecule has 4 atom stereocenters. The Morgan fingerprint density at radius 1 is 1.00 bits per heavy atom. The molecule has 1 fully saturated rings. The van der Waals surface area contributed by atoms with Crippen molar-refractivity contribution in [2.45, 2.75) is 74.6 Å². The number of rotatable bonds is 3. The fourth-order valence-electron chi connectivity index (χ4n) is 2.10. The highest BCUT2D eigenvalue weighted by molar-refractivity contribution is 5.79. The number of esters is 1. The SMILES string of the molecule is CCC(C)(F)C(=O)OC1C(F)(F)C(C)(C(F)(F)F)OC(O)(C(F)(F)F)C1(F)F. The van der Waals surface area contributed by atoms with Crippen LogP contribution in [0.15, 0.2) is 0 Å². The van der Waals surface area contributed by atoms with E-state index in [-0.39, 0.29) is 0 Å². The van der Waals surface area contributed by atoms with Gasteiger partial charge in [-0.3, -0.25) is 0 Å². The molecule has 15 heteroatoms. The molecule has 1 saturated heterocycles. The summed E-state index contributed by atoms with van der Waals surface area (Å²) in [6, 6.07) is 0. The van der Waals surface area contributed by atoms with Gasteiger partial charge in [0.15, 0.2) is 0 Å². The largest absolute Gasteiger partial charge is 0.449 e. The first-order valence-electron chi connectivity index (χ1n) is 7.24. The van der Waals surface area contributed by atoms with Gasteiger partial charge in [-0.25, -0.2) is 9.18 Å². The fourth-order valence-corrected chi connectivity index (χ4v) is 2.10. The van der Waals surface area contributed by atoms with Crippen LogP contribution in [0.25, 0.3) is 0 Å². The number of carbonyl (C=O) groups is 1. The molecule has 4 unspecified atom stereocenters. The molecule has 166 valence electrons. The van der Waals surface area contributed by atoms with Crippen LogP contribution in [0.3, 0.4) is 0 Å². The summed E-state index contributed by atoms with van der Waals surface area (Å²) in [6.07, 6.45) is -19.0. The topological polar surface area (TPSA) is 55.8 Å². The first-order valence-corrected chi connectivity index (χ1v) is 7.24. The Balaban J connectivity index is 3.75. The molecule has 0 radical (unpaired) electrons. The van der Waals surface area contributed by atoms with Crippen molar-refractivity contribution < 1.29 is 67.7 Å². The molecule has 1 aliphatic heterocycles. The Labute approximate surface area is 149 Å². The van der Waals surface area contributed by atoms with Crippen LogP contribution in [0.2, 0.25) is 0 Å². The molecule has 0 aromatic heterocycles. The van der Waals surface area contributed by atoms with Crippen LogP contribution >= 0.6 is 0 Å². The van der Waals surface area contributed by atoms with Crippen molar-refractivity contribution in [3.05, 3.63) is 0 Å². The lowest BCUT2D eigenvalue weighted by atomic mass is 9.81. The van der Waals surface area contributed by atoms with Gasteiger partial charge in [0, 0.05) is 0 Å². The molecule has 1 aliphatic rings. The average Bonchev–Trinajstić information content (AvgIpc) is 2.47. The summed E-state index contributed by atoms with van der Waals surface area (Å²) >= 11 is 0. The van der Waals surface area contributed by atoms with Crippen LogP contribution < -0.4 is 0 Å². The fraction of sp³-hybridized carbons (Fsp3) is 0.923. The molecule has 4 nitrogen and oxygen atoms in total. The maximum absolute atomic E-state index is 14.3. The predicted octanol–water partition coefficient (Wildman–Crippen LogP) is 3.91. The minimum absolute atomic E-state index is 0.309. The molecule has 28 heavy (non-hydrogen) atoms. The highest BCUT2D eigenvalue weighted by Gasteiger charge is 2.90. The molecule has 0 aromatic rings. The molecule has 1 heterocycles. The molecule has 0 aromatic carbocycles. The molecule has 0 amide bonds. The number of hydrogen-bond donors (Lipinski definition) is 1. The first kappa shape index (κ1) is 24.7. The monoisotopic (exact) mass is 442 g/mol. The van der Waals surface area contributed by atoms with Crippen molar-refractivity contribution in [2.75, 3.05) is 0 Å². The summed E-state index contributed by atoms with van der Waals surface area (Å²) in [6.45, 7) is 0.436. The zero-order valence-corrected chi connectivity index (χ0v) is 14.1. The predicted molar refractivity (Wildman–Crippen MR) is 66.1 cm³/mol. The van der Waals surface area contributed by atoms with Gasteiger partial charge in [-0.05, 0) is 20.3 Å². The summed E-state index contributed by atoms with van der Waals surface area (Å²) < 4.78 is 155. The van der Waals surface area contributed by atoms with Crippen LogP contribution in [0, 0.1) is 0 Å². The average molecular weight is 442 g/mol. The lowest BCUT2D eigenvalue weighted by Gasteiger charge is -2.54. The zero-order valence-electron chi connectivity index (χ0n) is 14.1. The number of halogens is 11. The number of alkyl halides is 11. The standard InChI is InChI=1S/C13H13F11O4/c1-4-7(2,14)6(25)27-5-9(15,16)8(3,12(19,20)21)28-11(26,10(5,17)18)13(22,23)24/h5,26H,4H2,1-3H3. The summed E-state index contributed by atoms with van der Waals surface area (Å²) in [7, 11) is 0. The van der Waals surface area contributed by atoms with E-state index < -0.39 is 66.7 Å². The summed E-state index contributed by atoms with van der Waals surface area (Å²) in [5, 5.41) is 9.19. The maximum Gasteiger partial charge on any atom is 0.449 e. The molecule has 0 spiro atoms. The molecule has 1 rings (SSSR count). The van der Waals surface area contributed by atoms with E-state index in [0.717, 1.165) is 6.92 Å². The van der Waals surface area contributed by atoms with E-state index in [0.29, 0.717) is 6.92 Å². The summed E-state index contributed by atoms with van der Waals surface area (Å²) in [4.78, 5) is 11.5. The highest BCUT2D eigenvalue weighted by Crippen LogP contribution is 2.61. The number of ether oxygens (including phenoxy) is 2. The Hall–Kier alpha value is -1.38. The van der Waals surface area contributed by atoms with Crippen molar-refractivity contribution in [1.82, 2.24) is 0 Å². The quantitative estimate of drug-likeness (QED) is 0.532. The maximum atomic E-state index is 14.3. The summed E-state index contributed by atoms with van der Waals surface area (Å²) in [5.41, 5.74) is -8.70. The second-order valence-electron chi connectivity index (χ2n) is 6.36. The van der Waals surface area contributed by atoms with E-state index in [4.69, 9.17) is 0 Å². The molecular weight excluding hydrogens is 429 g/mol. The minimum atomic E-state index is -6.76. The highest BCUT2D eigenvalue weighted by atomic mass is 19.4. The molecule has 1 N–H and O–H groups in total. The van der Waals surface area contributed by atoms with E-state index in [1.165, 1.54) is 0 Å². The van der Waals surface area contributed by atoms with Gasteiger partial charge in [0.25, 0.3) is 0 Å². The zero-order chi connectivity index (χ0) is 22.8. The third-order valence-electron chi connectivity index (χ3n) is 4.34. The molecule has 0 aliphatic carbocycles. The van der Waals surface area contributed by atoms with Gasteiger partial charge in [-0.15, -0.1) is 0 Å². The second-order valence-corrected chi connectivity index (χ2v) is 6.36. The molecular formula is C13H13F11O4. The van der Waals surface area contributed by atoms with Crippen LogP contribution in [-0.4, -0.2) is 58.4 Å². The minimum Gasteiger partial charge on any atom is -0.447 e. The van der Waals surface area contributed by atoms with E-state index in [9.17, 15) is 58.2 Å². The van der Waals surface area contributed by atoms with Crippen molar-refractivity contribution in [2.24, 2.45) is 0 Å². The number of carbonyl (C=O) groups excluding carboxylic acids is 1. The van der Waals surface area contributed by atoms with E-state index in [1.807, 2.05) is 0 Å². The van der Waals surface area contributed by atoms with Crippen molar-refractivity contribution in [3.8, 4) is 0 Å². The van der Waals surface area contributed by atoms with Crippen molar-refractivity contribution in [3.63, 3.8) is 0 Å². The van der Waals surface area contributed by atoms with Gasteiger partial charge in [0.2, 0.25) is 17.4 Å². The number of hydrogen-bond acceptors (Lipinski definition) is 4. The van der Waals surface area contributed by atoms with Gasteiger partial charge in [0.1, 0.15) is 0 Å². The van der Waals surface area contributed by atoms with Gasteiger partial charge in [-0.2, -0.15) is 43.9 Å². The van der Waals surface area contributed by atoms with Gasteiger partial charge in [0.05, 0.1) is 0 Å². The third-order valence-corrected chi connectivity index (χ3v) is 4.34. The van der Waals surface area contributed by atoms with Crippen molar-refractivity contribution in [1.29, 1.82) is 0 Å². The Kier molecular flexibility index (Phi) is 5.55. The normalized spacial score (nSPS) is 35.2. The summed E-state index contributed by atoms with van der Waals surface area (Å²) in [5.74, 6) is -21.2. The lowest BCUT2D eigenvalue weighted by molar-refractivity contribution is -0.537. The van der Waals surface area contributed by atoms with Crippen LogP contribution in [0.5, 0.6) is 0 Å².